The molecule has 10 nitrogen and oxygen atoms in total. The molecular formula is C20H20N6O4. The van der Waals surface area contributed by atoms with Crippen molar-refractivity contribution >= 4 is 35.2 Å². The van der Waals surface area contributed by atoms with Gasteiger partial charge < -0.3 is 15.3 Å². The number of nitrogens with zero attached hydrogens (tertiary/aromatic N) is 4. The largest absolute Gasteiger partial charge is 0.477 e. The van der Waals surface area contributed by atoms with Crippen LogP contribution in [-0.2, 0) is 0 Å². The van der Waals surface area contributed by atoms with Gasteiger partial charge in [-0.2, -0.15) is 0 Å². The van der Waals surface area contributed by atoms with Gasteiger partial charge in [-0.3, -0.25) is 15.0 Å². The second-order valence-corrected chi connectivity index (χ2v) is 7.71. The van der Waals surface area contributed by atoms with Crippen LogP contribution in [0.15, 0.2) is 30.5 Å². The van der Waals surface area contributed by atoms with Crippen molar-refractivity contribution in [3.05, 3.63) is 41.7 Å². The summed E-state index contributed by atoms with van der Waals surface area (Å²) in [5.74, 6) is -0.774. The van der Waals surface area contributed by atoms with Crippen LogP contribution < -0.4 is 20.4 Å². The summed E-state index contributed by atoms with van der Waals surface area (Å²) in [6, 6.07) is 5.92. The predicted molar refractivity (Wildman–Crippen MR) is 108 cm³/mol. The van der Waals surface area contributed by atoms with E-state index in [1.807, 2.05) is 0 Å². The molecule has 2 aromatic rings. The number of anilines is 3. The van der Waals surface area contributed by atoms with E-state index in [0.29, 0.717) is 17.9 Å². The molecule has 1 atom stereocenters. The number of fused-ring (bicyclic) bond motifs is 4. The van der Waals surface area contributed by atoms with Gasteiger partial charge in [0.25, 0.3) is 5.91 Å². The lowest BCUT2D eigenvalue weighted by atomic mass is 10.1. The van der Waals surface area contributed by atoms with Gasteiger partial charge >= 0.3 is 12.0 Å². The maximum atomic E-state index is 13.1. The minimum Gasteiger partial charge on any atom is -0.477 e. The SMILES string of the molecule is O=C(NC1CC1)c1ccnc(NC(=O)N2c3nc(C(=O)O)ccc3N3CC[C@H]2C3)c1. The number of carboxylic acid groups (broad SMARTS) is 1. The maximum Gasteiger partial charge on any atom is 0.354 e. The Morgan fingerprint density at radius 3 is 2.73 bits per heavy atom. The summed E-state index contributed by atoms with van der Waals surface area (Å²) in [5, 5.41) is 14.9. The summed E-state index contributed by atoms with van der Waals surface area (Å²) in [5.41, 5.74) is 1.03. The Hall–Kier alpha value is -3.69. The van der Waals surface area contributed by atoms with E-state index in [-0.39, 0.29) is 29.5 Å². The highest BCUT2D eigenvalue weighted by molar-refractivity contribution is 6.05. The molecule has 10 heteroatoms. The molecule has 2 fully saturated rings. The fourth-order valence-electron chi connectivity index (χ4n) is 3.90. The molecule has 2 aliphatic heterocycles. The van der Waals surface area contributed by atoms with Crippen molar-refractivity contribution in [3.63, 3.8) is 0 Å². The number of carboxylic acids is 1. The average Bonchev–Trinajstić information content (AvgIpc) is 3.46. The highest BCUT2D eigenvalue weighted by atomic mass is 16.4. The fraction of sp³-hybridized carbons (Fsp3) is 0.350. The van der Waals surface area contributed by atoms with Crippen molar-refractivity contribution in [1.29, 1.82) is 0 Å². The number of aromatic carboxylic acids is 1. The van der Waals surface area contributed by atoms with Crippen molar-refractivity contribution in [2.24, 2.45) is 0 Å². The summed E-state index contributed by atoms with van der Waals surface area (Å²) < 4.78 is 0. The number of amides is 3. The lowest BCUT2D eigenvalue weighted by Gasteiger charge is -2.35. The third-order valence-corrected chi connectivity index (χ3v) is 5.56. The monoisotopic (exact) mass is 408 g/mol. The molecule has 2 bridgehead atoms. The van der Waals surface area contributed by atoms with Crippen molar-refractivity contribution in [1.82, 2.24) is 15.3 Å². The molecule has 1 saturated heterocycles. The summed E-state index contributed by atoms with van der Waals surface area (Å²) in [6.45, 7) is 1.43. The molecule has 5 rings (SSSR count). The Bertz CT molecular complexity index is 1050. The third kappa shape index (κ3) is 3.30. The van der Waals surface area contributed by atoms with Crippen molar-refractivity contribution in [2.75, 3.05) is 28.2 Å². The predicted octanol–water partition coefficient (Wildman–Crippen LogP) is 1.70. The molecule has 0 spiro atoms. The van der Waals surface area contributed by atoms with Crippen molar-refractivity contribution < 1.29 is 19.5 Å². The molecule has 0 unspecified atom stereocenters. The first-order valence-electron chi connectivity index (χ1n) is 9.86. The quantitative estimate of drug-likeness (QED) is 0.702. The number of nitrogens with one attached hydrogen (secondary N) is 2. The van der Waals surface area contributed by atoms with Gasteiger partial charge in [0, 0.05) is 30.9 Å². The van der Waals surface area contributed by atoms with Gasteiger partial charge in [0.2, 0.25) is 0 Å². The van der Waals surface area contributed by atoms with Gasteiger partial charge in [0.15, 0.2) is 11.5 Å². The van der Waals surface area contributed by atoms with Gasteiger partial charge in [-0.25, -0.2) is 19.6 Å². The minimum absolute atomic E-state index is 0.115. The van der Waals surface area contributed by atoms with Crippen LogP contribution in [0.5, 0.6) is 0 Å². The van der Waals surface area contributed by atoms with Crippen LogP contribution in [0, 0.1) is 0 Å². The Kier molecular flexibility index (Phi) is 4.27. The van der Waals surface area contributed by atoms with Gasteiger partial charge in [0.1, 0.15) is 5.82 Å². The molecule has 3 N–H and O–H groups in total. The molecule has 2 aromatic heterocycles. The molecule has 4 heterocycles. The zero-order valence-electron chi connectivity index (χ0n) is 16.0. The second-order valence-electron chi connectivity index (χ2n) is 7.71. The molecule has 3 aliphatic rings. The van der Waals surface area contributed by atoms with E-state index in [1.165, 1.54) is 23.2 Å². The lowest BCUT2D eigenvalue weighted by Crippen LogP contribution is -2.48. The van der Waals surface area contributed by atoms with Crippen LogP contribution in [0.4, 0.5) is 22.1 Å². The number of aromatic nitrogens is 2. The van der Waals surface area contributed by atoms with Crippen LogP contribution in [0.1, 0.15) is 40.1 Å². The first-order valence-corrected chi connectivity index (χ1v) is 9.86. The van der Waals surface area contributed by atoms with Crippen LogP contribution >= 0.6 is 0 Å². The lowest BCUT2D eigenvalue weighted by molar-refractivity contribution is 0.0690. The van der Waals surface area contributed by atoms with Gasteiger partial charge in [-0.05, 0) is 43.5 Å². The van der Waals surface area contributed by atoms with Crippen molar-refractivity contribution in [2.45, 2.75) is 31.3 Å². The van der Waals surface area contributed by atoms with E-state index >= 15 is 0 Å². The number of urea groups is 1. The number of rotatable bonds is 4. The minimum atomic E-state index is -1.15. The van der Waals surface area contributed by atoms with E-state index in [0.717, 1.165) is 31.5 Å². The fourth-order valence-corrected chi connectivity index (χ4v) is 3.90. The standard InChI is InChI=1S/C20H20N6O4/c27-18(22-12-1-2-12)11-5-7-21-16(9-11)24-20(30)26-13-6-8-25(10-13)15-4-3-14(19(28)29)23-17(15)26/h3-5,7,9,12-13H,1-2,6,8,10H2,(H,22,27)(H,28,29)(H,21,24,30)/t13-/m0/s1. The number of carbonyl (C=O) groups is 3. The van der Waals surface area contributed by atoms with E-state index in [9.17, 15) is 19.5 Å². The zero-order chi connectivity index (χ0) is 20.8. The molecule has 1 saturated carbocycles. The highest BCUT2D eigenvalue weighted by Crippen LogP contribution is 2.39. The highest BCUT2D eigenvalue weighted by Gasteiger charge is 2.40. The smallest absolute Gasteiger partial charge is 0.354 e. The van der Waals surface area contributed by atoms with Crippen LogP contribution in [0.3, 0.4) is 0 Å². The van der Waals surface area contributed by atoms with Crippen LogP contribution in [0.2, 0.25) is 0 Å². The molecule has 1 aliphatic carbocycles. The van der Waals surface area contributed by atoms with Gasteiger partial charge in [-0.15, -0.1) is 0 Å². The molecular weight excluding hydrogens is 388 g/mol. The Labute approximate surface area is 171 Å². The average molecular weight is 408 g/mol. The third-order valence-electron chi connectivity index (χ3n) is 5.56. The van der Waals surface area contributed by atoms with E-state index in [2.05, 4.69) is 25.5 Å². The molecule has 0 radical (unpaired) electrons. The van der Waals surface area contributed by atoms with E-state index in [1.54, 1.807) is 12.1 Å². The summed E-state index contributed by atoms with van der Waals surface area (Å²) in [7, 11) is 0. The first kappa shape index (κ1) is 18.3. The van der Waals surface area contributed by atoms with Crippen LogP contribution in [-0.4, -0.2) is 58.2 Å². The zero-order valence-corrected chi connectivity index (χ0v) is 16.0. The van der Waals surface area contributed by atoms with Gasteiger partial charge in [-0.1, -0.05) is 0 Å². The molecule has 30 heavy (non-hydrogen) atoms. The van der Waals surface area contributed by atoms with E-state index in [4.69, 9.17) is 0 Å². The van der Waals surface area contributed by atoms with Gasteiger partial charge in [0.05, 0.1) is 11.7 Å². The molecule has 3 amide bonds. The number of pyridine rings is 2. The molecule has 154 valence electrons. The van der Waals surface area contributed by atoms with Crippen molar-refractivity contribution in [3.8, 4) is 0 Å². The number of carbonyl (C=O) groups excluding carboxylic acids is 2. The van der Waals surface area contributed by atoms with E-state index < -0.39 is 12.0 Å². The topological polar surface area (TPSA) is 128 Å². The normalized spacial score (nSPS) is 19.3. The van der Waals surface area contributed by atoms with Crippen LogP contribution in [0.25, 0.3) is 0 Å². The first-order chi connectivity index (χ1) is 14.5. The Morgan fingerprint density at radius 1 is 1.13 bits per heavy atom. The Balaban J connectivity index is 1.41. The summed E-state index contributed by atoms with van der Waals surface area (Å²) >= 11 is 0. The maximum absolute atomic E-state index is 13.1. The number of hydrogen-bond acceptors (Lipinski definition) is 6. The molecule has 0 aromatic carbocycles. The number of hydrogen-bond donors (Lipinski definition) is 3. The Morgan fingerprint density at radius 2 is 1.97 bits per heavy atom. The summed E-state index contributed by atoms with van der Waals surface area (Å²) in [6.07, 6.45) is 4.19. The summed E-state index contributed by atoms with van der Waals surface area (Å²) in [4.78, 5) is 48.8. The second kappa shape index (κ2) is 6.97.